The lowest BCUT2D eigenvalue weighted by Gasteiger charge is -2.11. The summed E-state index contributed by atoms with van der Waals surface area (Å²) in [7, 11) is 0. The number of rotatable bonds is 5. The Morgan fingerprint density at radius 3 is 2.90 bits per heavy atom. The summed E-state index contributed by atoms with van der Waals surface area (Å²) in [6, 6.07) is 5.68. The van der Waals surface area contributed by atoms with Crippen LogP contribution in [0, 0.1) is 5.92 Å². The summed E-state index contributed by atoms with van der Waals surface area (Å²) in [5, 5.41) is 12.2. The molecule has 0 saturated heterocycles. The van der Waals surface area contributed by atoms with Crippen molar-refractivity contribution in [2.24, 2.45) is 5.92 Å². The van der Waals surface area contributed by atoms with Crippen LogP contribution < -0.4 is 10.1 Å². The van der Waals surface area contributed by atoms with Crippen LogP contribution in [-0.4, -0.2) is 30.3 Å². The van der Waals surface area contributed by atoms with Crippen molar-refractivity contribution in [2.75, 3.05) is 6.54 Å². The van der Waals surface area contributed by atoms with Crippen molar-refractivity contribution in [3.05, 3.63) is 29.8 Å². The molecule has 1 aromatic carbocycles. The minimum absolute atomic E-state index is 0.0380. The van der Waals surface area contributed by atoms with Gasteiger partial charge >= 0.3 is 6.61 Å². The van der Waals surface area contributed by atoms with Crippen molar-refractivity contribution in [3.63, 3.8) is 0 Å². The number of carbonyl (C=O) groups is 1. The van der Waals surface area contributed by atoms with Gasteiger partial charge in [0, 0.05) is 12.1 Å². The minimum atomic E-state index is -2.91. The Labute approximate surface area is 115 Å². The highest BCUT2D eigenvalue weighted by atomic mass is 19.3. The second-order valence-electron chi connectivity index (χ2n) is 4.95. The van der Waals surface area contributed by atoms with Gasteiger partial charge in [0.25, 0.3) is 5.91 Å². The van der Waals surface area contributed by atoms with E-state index in [1.165, 1.54) is 24.3 Å². The number of alkyl halides is 2. The molecule has 1 aliphatic rings. The van der Waals surface area contributed by atoms with Gasteiger partial charge in [-0.15, -0.1) is 0 Å². The maximum absolute atomic E-state index is 12.1. The number of nitrogens with one attached hydrogen (secondary N) is 1. The molecular weight excluding hydrogens is 268 g/mol. The lowest BCUT2D eigenvalue weighted by molar-refractivity contribution is -0.0498. The Hall–Kier alpha value is -1.69. The first-order valence-electron chi connectivity index (χ1n) is 6.55. The number of hydrogen-bond acceptors (Lipinski definition) is 3. The molecule has 2 rings (SSSR count). The highest BCUT2D eigenvalue weighted by Crippen LogP contribution is 2.24. The van der Waals surface area contributed by atoms with Gasteiger partial charge in [-0.1, -0.05) is 6.07 Å². The van der Waals surface area contributed by atoms with E-state index in [2.05, 4.69) is 10.1 Å². The lowest BCUT2D eigenvalue weighted by atomic mass is 10.1. The fourth-order valence-corrected chi connectivity index (χ4v) is 2.39. The Balaban J connectivity index is 1.88. The molecule has 0 spiro atoms. The van der Waals surface area contributed by atoms with Gasteiger partial charge in [-0.05, 0) is 43.4 Å². The summed E-state index contributed by atoms with van der Waals surface area (Å²) in [6.45, 7) is -2.43. The molecule has 4 nitrogen and oxygen atoms in total. The Bertz CT molecular complexity index is 467. The molecule has 0 bridgehead atoms. The number of carbonyl (C=O) groups excluding carboxylic acids is 1. The molecule has 2 unspecified atom stereocenters. The van der Waals surface area contributed by atoms with Gasteiger partial charge in [-0.2, -0.15) is 8.78 Å². The van der Waals surface area contributed by atoms with Gasteiger partial charge < -0.3 is 15.2 Å². The second kappa shape index (κ2) is 6.65. The number of aliphatic hydroxyl groups is 1. The average Bonchev–Trinajstić information content (AvgIpc) is 2.81. The van der Waals surface area contributed by atoms with E-state index < -0.39 is 6.61 Å². The maximum Gasteiger partial charge on any atom is 0.387 e. The molecule has 0 radical (unpaired) electrons. The molecule has 1 saturated carbocycles. The van der Waals surface area contributed by atoms with Crippen LogP contribution in [0.4, 0.5) is 8.78 Å². The first-order chi connectivity index (χ1) is 9.54. The molecule has 2 atom stereocenters. The number of benzene rings is 1. The molecule has 110 valence electrons. The van der Waals surface area contributed by atoms with E-state index >= 15 is 0 Å². The lowest BCUT2D eigenvalue weighted by Crippen LogP contribution is -2.28. The summed E-state index contributed by atoms with van der Waals surface area (Å²) in [6.07, 6.45) is 2.06. The summed E-state index contributed by atoms with van der Waals surface area (Å²) in [4.78, 5) is 11.9. The Kier molecular flexibility index (Phi) is 4.89. The van der Waals surface area contributed by atoms with Gasteiger partial charge in [-0.3, -0.25) is 4.79 Å². The molecule has 1 aromatic rings. The normalized spacial score (nSPS) is 22.0. The number of hydrogen-bond donors (Lipinski definition) is 2. The summed E-state index contributed by atoms with van der Waals surface area (Å²) in [5.74, 6) is -0.0931. The summed E-state index contributed by atoms with van der Waals surface area (Å²) >= 11 is 0. The highest BCUT2D eigenvalue weighted by molar-refractivity contribution is 5.94. The minimum Gasteiger partial charge on any atom is -0.435 e. The van der Waals surface area contributed by atoms with Crippen LogP contribution in [0.2, 0.25) is 0 Å². The predicted molar refractivity (Wildman–Crippen MR) is 68.8 cm³/mol. The maximum atomic E-state index is 12.1. The molecule has 1 aliphatic carbocycles. The van der Waals surface area contributed by atoms with Crippen molar-refractivity contribution >= 4 is 5.91 Å². The first-order valence-corrected chi connectivity index (χ1v) is 6.55. The van der Waals surface area contributed by atoms with Crippen LogP contribution in [0.15, 0.2) is 24.3 Å². The van der Waals surface area contributed by atoms with E-state index in [0.29, 0.717) is 13.0 Å². The summed E-state index contributed by atoms with van der Waals surface area (Å²) < 4.78 is 28.4. The fourth-order valence-electron chi connectivity index (χ4n) is 2.39. The topological polar surface area (TPSA) is 58.6 Å². The van der Waals surface area contributed by atoms with E-state index in [1.807, 2.05) is 0 Å². The van der Waals surface area contributed by atoms with Gasteiger partial charge in [0.2, 0.25) is 0 Å². The van der Waals surface area contributed by atoms with Crippen LogP contribution >= 0.6 is 0 Å². The molecule has 1 fully saturated rings. The molecular formula is C14H17F2NO3. The molecule has 0 heterocycles. The van der Waals surface area contributed by atoms with Crippen molar-refractivity contribution in [1.82, 2.24) is 5.32 Å². The van der Waals surface area contributed by atoms with E-state index in [1.54, 1.807) is 0 Å². The molecule has 1 amide bonds. The fraction of sp³-hybridized carbons (Fsp3) is 0.500. The Morgan fingerprint density at radius 1 is 1.45 bits per heavy atom. The van der Waals surface area contributed by atoms with Crippen LogP contribution in [0.25, 0.3) is 0 Å². The third-order valence-corrected chi connectivity index (χ3v) is 3.39. The summed E-state index contributed by atoms with van der Waals surface area (Å²) in [5.41, 5.74) is 0.279. The zero-order valence-electron chi connectivity index (χ0n) is 10.9. The molecule has 2 N–H and O–H groups in total. The quantitative estimate of drug-likeness (QED) is 0.871. The number of amides is 1. The smallest absolute Gasteiger partial charge is 0.387 e. The van der Waals surface area contributed by atoms with Gasteiger partial charge in [0.05, 0.1) is 6.10 Å². The first kappa shape index (κ1) is 14.7. The van der Waals surface area contributed by atoms with Crippen LogP contribution in [0.3, 0.4) is 0 Å². The van der Waals surface area contributed by atoms with Crippen molar-refractivity contribution in [3.8, 4) is 5.75 Å². The average molecular weight is 285 g/mol. The Morgan fingerprint density at radius 2 is 2.25 bits per heavy atom. The van der Waals surface area contributed by atoms with E-state index in [9.17, 15) is 18.7 Å². The van der Waals surface area contributed by atoms with Crippen molar-refractivity contribution in [2.45, 2.75) is 32.0 Å². The third kappa shape index (κ3) is 4.16. The number of aliphatic hydroxyl groups excluding tert-OH is 1. The zero-order valence-corrected chi connectivity index (χ0v) is 10.9. The van der Waals surface area contributed by atoms with E-state index in [4.69, 9.17) is 0 Å². The molecule has 0 aromatic heterocycles. The van der Waals surface area contributed by atoms with E-state index in [-0.39, 0.29) is 29.2 Å². The highest BCUT2D eigenvalue weighted by Gasteiger charge is 2.23. The number of halogens is 2. The molecule has 0 aliphatic heterocycles. The zero-order chi connectivity index (χ0) is 14.5. The standard InChI is InChI=1S/C14H17F2NO3/c15-14(16)20-12-3-1-2-10(7-12)13(19)17-8-9-4-5-11(18)6-9/h1-3,7,9,11,14,18H,4-6,8H2,(H,17,19). The SMILES string of the molecule is O=C(NCC1CCC(O)C1)c1cccc(OC(F)F)c1. The largest absolute Gasteiger partial charge is 0.435 e. The van der Waals surface area contributed by atoms with Crippen LogP contribution in [0.5, 0.6) is 5.75 Å². The van der Waals surface area contributed by atoms with Gasteiger partial charge in [0.1, 0.15) is 5.75 Å². The van der Waals surface area contributed by atoms with Crippen molar-refractivity contribution in [1.29, 1.82) is 0 Å². The predicted octanol–water partition coefficient (Wildman–Crippen LogP) is 2.18. The third-order valence-electron chi connectivity index (χ3n) is 3.39. The molecule has 20 heavy (non-hydrogen) atoms. The second-order valence-corrected chi connectivity index (χ2v) is 4.95. The van der Waals surface area contributed by atoms with E-state index in [0.717, 1.165) is 12.8 Å². The monoisotopic (exact) mass is 285 g/mol. The van der Waals surface area contributed by atoms with Crippen LogP contribution in [-0.2, 0) is 0 Å². The van der Waals surface area contributed by atoms with Crippen molar-refractivity contribution < 1.29 is 23.4 Å². The number of ether oxygens (including phenoxy) is 1. The van der Waals surface area contributed by atoms with Gasteiger partial charge in [0.15, 0.2) is 0 Å². The molecule has 6 heteroatoms. The van der Waals surface area contributed by atoms with Gasteiger partial charge in [-0.25, -0.2) is 0 Å². The van der Waals surface area contributed by atoms with Crippen LogP contribution in [0.1, 0.15) is 29.6 Å².